The summed E-state index contributed by atoms with van der Waals surface area (Å²) in [6, 6.07) is 12.2. The molecule has 27 heavy (non-hydrogen) atoms. The number of halogens is 3. The molecule has 0 atom stereocenters. The molecule has 0 aliphatic rings. The van der Waals surface area contributed by atoms with Crippen molar-refractivity contribution in [2.75, 3.05) is 18.9 Å². The molecule has 1 amide bonds. The third-order valence-corrected chi connectivity index (χ3v) is 3.96. The van der Waals surface area contributed by atoms with Crippen LogP contribution in [0, 0.1) is 5.82 Å². The number of amides is 1. The van der Waals surface area contributed by atoms with Crippen molar-refractivity contribution >= 4 is 47.4 Å². The van der Waals surface area contributed by atoms with Crippen LogP contribution in [-0.4, -0.2) is 29.5 Å². The number of carbonyl (C=O) groups is 1. The van der Waals surface area contributed by atoms with Crippen molar-refractivity contribution < 1.29 is 9.18 Å². The number of anilines is 1. The second-order valence-corrected chi connectivity index (χ2v) is 5.94. The molecule has 0 radical (unpaired) electrons. The first-order chi connectivity index (χ1) is 12.2. The second kappa shape index (κ2) is 10.9. The topological polar surface area (TPSA) is 69.8 Å². The minimum Gasteiger partial charge on any atom is -0.342 e. The molecule has 3 rings (SSSR count). The summed E-state index contributed by atoms with van der Waals surface area (Å²) in [5.41, 5.74) is 2.93. The molecule has 0 aliphatic carbocycles. The highest BCUT2D eigenvalue weighted by Gasteiger charge is 2.09. The van der Waals surface area contributed by atoms with E-state index in [9.17, 15) is 9.18 Å². The third kappa shape index (κ3) is 6.20. The van der Waals surface area contributed by atoms with Crippen LogP contribution in [0.1, 0.15) is 24.2 Å². The number of nitrogens with zero attached hydrogens (tertiary/aromatic N) is 1. The van der Waals surface area contributed by atoms with Gasteiger partial charge in [-0.25, -0.2) is 9.37 Å². The predicted molar refractivity (Wildman–Crippen MR) is 112 cm³/mol. The number of rotatable bonds is 7. The van der Waals surface area contributed by atoms with Gasteiger partial charge in [-0.15, -0.1) is 24.8 Å². The van der Waals surface area contributed by atoms with Crippen molar-refractivity contribution in [3.05, 3.63) is 59.7 Å². The van der Waals surface area contributed by atoms with E-state index < -0.39 is 0 Å². The lowest BCUT2D eigenvalue weighted by atomic mass is 10.1. The number of carbonyl (C=O) groups excluding carboxylic acids is 1. The Kier molecular flexibility index (Phi) is 9.21. The summed E-state index contributed by atoms with van der Waals surface area (Å²) in [6.45, 7) is 0.812. The number of hydrogen-bond acceptors (Lipinski definition) is 3. The number of H-pyrrole nitrogens is 1. The molecule has 5 nitrogen and oxygen atoms in total. The average molecular weight is 413 g/mol. The molecule has 3 aromatic rings. The van der Waals surface area contributed by atoms with Gasteiger partial charge in [0.15, 0.2) is 0 Å². The van der Waals surface area contributed by atoms with Crippen LogP contribution in [0.3, 0.4) is 0 Å². The van der Waals surface area contributed by atoms with Gasteiger partial charge < -0.3 is 15.6 Å². The fraction of sp³-hybridized carbons (Fsp3) is 0.263. The van der Waals surface area contributed by atoms with Crippen molar-refractivity contribution in [3.8, 4) is 0 Å². The van der Waals surface area contributed by atoms with Gasteiger partial charge in [0.2, 0.25) is 5.91 Å². The Morgan fingerprint density at radius 2 is 1.96 bits per heavy atom. The van der Waals surface area contributed by atoms with Crippen molar-refractivity contribution in [1.82, 2.24) is 15.3 Å². The van der Waals surface area contributed by atoms with Crippen molar-refractivity contribution in [1.29, 1.82) is 0 Å². The van der Waals surface area contributed by atoms with Gasteiger partial charge in [0.1, 0.15) is 11.6 Å². The van der Waals surface area contributed by atoms with Gasteiger partial charge in [-0.3, -0.25) is 4.79 Å². The van der Waals surface area contributed by atoms with Crippen LogP contribution in [0.25, 0.3) is 11.0 Å². The van der Waals surface area contributed by atoms with Crippen LogP contribution >= 0.6 is 24.8 Å². The minimum atomic E-state index is -0.238. The zero-order valence-corrected chi connectivity index (χ0v) is 16.6. The molecule has 1 aromatic heterocycles. The number of hydrogen-bond donors (Lipinski definition) is 3. The number of nitrogens with one attached hydrogen (secondary N) is 3. The Morgan fingerprint density at radius 3 is 2.70 bits per heavy atom. The van der Waals surface area contributed by atoms with Crippen LogP contribution < -0.4 is 10.6 Å². The molecule has 0 saturated heterocycles. The van der Waals surface area contributed by atoms with Crippen LogP contribution in [0.4, 0.5) is 10.1 Å². The summed E-state index contributed by atoms with van der Waals surface area (Å²) in [5.74, 6) is 0.441. The first-order valence-corrected chi connectivity index (χ1v) is 8.32. The predicted octanol–water partition coefficient (Wildman–Crippen LogP) is 4.07. The van der Waals surface area contributed by atoms with E-state index in [1.54, 1.807) is 12.1 Å². The molecular formula is C19H23Cl2FN4O. The first-order valence-electron chi connectivity index (χ1n) is 8.32. The molecule has 8 heteroatoms. The molecule has 0 aliphatic heterocycles. The number of aromatic amines is 1. The standard InChI is InChI=1S/C19H21FN4O.2ClH/c1-21-10-4-7-19(25)22-14-8-9-16-17(12-14)24-18(23-16)11-13-5-2-3-6-15(13)20;;/h2-3,5-6,8-9,12,21H,4,7,10-11H2,1H3,(H,22,25)(H,23,24);2*1H. The summed E-state index contributed by atoms with van der Waals surface area (Å²) in [7, 11) is 1.86. The van der Waals surface area contributed by atoms with E-state index >= 15 is 0 Å². The Labute approximate surface area is 170 Å². The molecule has 0 spiro atoms. The average Bonchev–Trinajstić information content (AvgIpc) is 2.99. The van der Waals surface area contributed by atoms with Gasteiger partial charge in [0, 0.05) is 18.5 Å². The lowest BCUT2D eigenvalue weighted by Gasteiger charge is -2.04. The Hall–Kier alpha value is -2.15. The fourth-order valence-electron chi connectivity index (χ4n) is 2.70. The van der Waals surface area contributed by atoms with Crippen LogP contribution in [0.15, 0.2) is 42.5 Å². The first kappa shape index (κ1) is 22.9. The molecule has 0 unspecified atom stereocenters. The van der Waals surface area contributed by atoms with E-state index in [0.29, 0.717) is 24.2 Å². The number of fused-ring (bicyclic) bond motifs is 1. The summed E-state index contributed by atoms with van der Waals surface area (Å²) >= 11 is 0. The summed E-state index contributed by atoms with van der Waals surface area (Å²) < 4.78 is 13.8. The van der Waals surface area contributed by atoms with E-state index in [1.165, 1.54) is 6.07 Å². The maximum Gasteiger partial charge on any atom is 0.224 e. The summed E-state index contributed by atoms with van der Waals surface area (Å²) in [6.07, 6.45) is 1.66. The van der Waals surface area contributed by atoms with E-state index in [4.69, 9.17) is 0 Å². The fourth-order valence-corrected chi connectivity index (χ4v) is 2.70. The zero-order valence-electron chi connectivity index (χ0n) is 14.9. The van der Waals surface area contributed by atoms with Gasteiger partial charge in [0.25, 0.3) is 0 Å². The maximum absolute atomic E-state index is 13.8. The Morgan fingerprint density at radius 1 is 1.19 bits per heavy atom. The molecule has 3 N–H and O–H groups in total. The highest BCUT2D eigenvalue weighted by Crippen LogP contribution is 2.19. The van der Waals surface area contributed by atoms with Crippen LogP contribution in [0.5, 0.6) is 0 Å². The van der Waals surface area contributed by atoms with E-state index in [-0.39, 0.29) is 36.5 Å². The van der Waals surface area contributed by atoms with Gasteiger partial charge in [-0.05, 0) is 49.8 Å². The summed E-state index contributed by atoms with van der Waals surface area (Å²) in [4.78, 5) is 19.6. The number of imidazole rings is 1. The van der Waals surface area contributed by atoms with Crippen LogP contribution in [0.2, 0.25) is 0 Å². The molecule has 2 aromatic carbocycles. The molecule has 146 valence electrons. The third-order valence-electron chi connectivity index (χ3n) is 3.96. The molecule has 0 bridgehead atoms. The minimum absolute atomic E-state index is 0. The normalized spacial score (nSPS) is 10.1. The van der Waals surface area contributed by atoms with E-state index in [1.807, 2.05) is 31.3 Å². The lowest BCUT2D eigenvalue weighted by Crippen LogP contribution is -2.15. The largest absolute Gasteiger partial charge is 0.342 e. The molecule has 1 heterocycles. The SMILES string of the molecule is CNCCCC(=O)Nc1ccc2nc(Cc3ccccc3F)[nH]c2c1.Cl.Cl. The van der Waals surface area contributed by atoms with Gasteiger partial charge in [-0.2, -0.15) is 0 Å². The maximum atomic E-state index is 13.8. The Balaban J connectivity index is 0.00000182. The number of benzene rings is 2. The highest BCUT2D eigenvalue weighted by molar-refractivity contribution is 5.93. The zero-order chi connectivity index (χ0) is 17.6. The second-order valence-electron chi connectivity index (χ2n) is 5.94. The molecule has 0 fully saturated rings. The van der Waals surface area contributed by atoms with Gasteiger partial charge in [-0.1, -0.05) is 18.2 Å². The van der Waals surface area contributed by atoms with Crippen LogP contribution in [-0.2, 0) is 11.2 Å². The van der Waals surface area contributed by atoms with E-state index in [2.05, 4.69) is 20.6 Å². The van der Waals surface area contributed by atoms with Crippen molar-refractivity contribution in [2.45, 2.75) is 19.3 Å². The number of aromatic nitrogens is 2. The van der Waals surface area contributed by atoms with Crippen molar-refractivity contribution in [2.24, 2.45) is 0 Å². The van der Waals surface area contributed by atoms with Gasteiger partial charge in [0.05, 0.1) is 11.0 Å². The lowest BCUT2D eigenvalue weighted by molar-refractivity contribution is -0.116. The smallest absolute Gasteiger partial charge is 0.224 e. The quantitative estimate of drug-likeness (QED) is 0.512. The monoisotopic (exact) mass is 412 g/mol. The molecular weight excluding hydrogens is 390 g/mol. The summed E-state index contributed by atoms with van der Waals surface area (Å²) in [5, 5.41) is 5.90. The Bertz CT molecular complexity index is 885. The van der Waals surface area contributed by atoms with E-state index in [0.717, 1.165) is 29.7 Å². The van der Waals surface area contributed by atoms with Gasteiger partial charge >= 0.3 is 0 Å². The highest BCUT2D eigenvalue weighted by atomic mass is 35.5. The van der Waals surface area contributed by atoms with Crippen molar-refractivity contribution in [3.63, 3.8) is 0 Å². The molecule has 0 saturated carbocycles.